The number of allylic oxidation sites excluding steroid dienone is 1. The Hall–Kier alpha value is -3.02. The van der Waals surface area contributed by atoms with Crippen molar-refractivity contribution >= 4 is 39.6 Å². The molecule has 0 aliphatic carbocycles. The molecular formula is C36H50BrN3O7. The number of aliphatic hydroxyl groups excluding tert-OH is 1. The minimum Gasteiger partial charge on any atom is -0.463 e. The van der Waals surface area contributed by atoms with E-state index in [4.69, 9.17) is 9.47 Å². The van der Waals surface area contributed by atoms with E-state index in [0.29, 0.717) is 45.2 Å². The molecule has 8 atom stereocenters. The summed E-state index contributed by atoms with van der Waals surface area (Å²) in [6.07, 6.45) is 7.39. The summed E-state index contributed by atoms with van der Waals surface area (Å²) in [5.74, 6) is -2.95. The molecule has 0 radical (unpaired) electrons. The van der Waals surface area contributed by atoms with Crippen LogP contribution in [0.3, 0.4) is 0 Å². The van der Waals surface area contributed by atoms with Crippen LogP contribution in [0.5, 0.6) is 0 Å². The molecule has 3 saturated heterocycles. The van der Waals surface area contributed by atoms with E-state index in [1.165, 1.54) is 0 Å². The zero-order valence-electron chi connectivity index (χ0n) is 27.7. The molecule has 0 saturated carbocycles. The average Bonchev–Trinajstić information content (AvgIpc) is 3.66. The molecule has 258 valence electrons. The van der Waals surface area contributed by atoms with E-state index in [-0.39, 0.29) is 48.2 Å². The molecule has 3 aliphatic heterocycles. The van der Waals surface area contributed by atoms with E-state index < -0.39 is 41.6 Å². The lowest BCUT2D eigenvalue weighted by Crippen LogP contribution is -2.58. The lowest BCUT2D eigenvalue weighted by molar-refractivity contribution is -0.149. The second kappa shape index (κ2) is 16.9. The van der Waals surface area contributed by atoms with Crippen molar-refractivity contribution < 1.29 is 33.8 Å². The first-order chi connectivity index (χ1) is 22.6. The summed E-state index contributed by atoms with van der Waals surface area (Å²) in [5.41, 5.74) is -0.427. The van der Waals surface area contributed by atoms with Gasteiger partial charge in [0, 0.05) is 37.0 Å². The summed E-state index contributed by atoms with van der Waals surface area (Å²) in [5, 5.41) is 12.4. The first kappa shape index (κ1) is 36.8. The van der Waals surface area contributed by atoms with Crippen LogP contribution in [-0.4, -0.2) is 93.5 Å². The number of likely N-dealkylation sites (tertiary alicyclic amines) is 1. The summed E-state index contributed by atoms with van der Waals surface area (Å²) in [6.45, 7) is 12.2. The number of rotatable bonds is 19. The van der Waals surface area contributed by atoms with E-state index in [2.05, 4.69) is 41.3 Å². The zero-order valence-corrected chi connectivity index (χ0v) is 29.2. The minimum absolute atomic E-state index is 0.0506. The smallest absolute Gasteiger partial charge is 0.306 e. The SMILES string of the molecule is C=CCCC(=O)OC[C@@H](NC(=O)[C@@H]1[C@H]2O[C@@]3(CC2Br)[C@H](C(=O)N(CC=C)C(C)CCC)N(CCCCCO)C(=O)[C@@H]13)c1ccccc1. The lowest BCUT2D eigenvalue weighted by atomic mass is 9.70. The van der Waals surface area contributed by atoms with Gasteiger partial charge in [-0.1, -0.05) is 71.8 Å². The highest BCUT2D eigenvalue weighted by atomic mass is 79.9. The van der Waals surface area contributed by atoms with Gasteiger partial charge in [0.05, 0.1) is 24.0 Å². The number of ether oxygens (including phenoxy) is 2. The number of alkyl halides is 1. The van der Waals surface area contributed by atoms with Gasteiger partial charge >= 0.3 is 5.97 Å². The molecule has 2 unspecified atom stereocenters. The molecule has 3 fully saturated rings. The van der Waals surface area contributed by atoms with Crippen molar-refractivity contribution in [1.82, 2.24) is 15.1 Å². The molecule has 3 amide bonds. The number of hydrogen-bond acceptors (Lipinski definition) is 7. The maximum Gasteiger partial charge on any atom is 0.306 e. The molecule has 2 bridgehead atoms. The number of amides is 3. The van der Waals surface area contributed by atoms with Crippen LogP contribution >= 0.6 is 15.9 Å². The van der Waals surface area contributed by atoms with E-state index >= 15 is 0 Å². The van der Waals surface area contributed by atoms with Crippen molar-refractivity contribution in [2.24, 2.45) is 11.8 Å². The highest BCUT2D eigenvalue weighted by Gasteiger charge is 2.76. The van der Waals surface area contributed by atoms with Crippen LogP contribution in [0.1, 0.15) is 76.8 Å². The van der Waals surface area contributed by atoms with Crippen molar-refractivity contribution in [2.45, 2.75) is 99.9 Å². The predicted octanol–water partition coefficient (Wildman–Crippen LogP) is 4.47. The van der Waals surface area contributed by atoms with Crippen LogP contribution in [-0.2, 0) is 28.7 Å². The Morgan fingerprint density at radius 1 is 1.21 bits per heavy atom. The van der Waals surface area contributed by atoms with Crippen molar-refractivity contribution in [3.8, 4) is 0 Å². The normalized spacial score (nSPS) is 27.2. The monoisotopic (exact) mass is 715 g/mol. The molecule has 2 N–H and O–H groups in total. The van der Waals surface area contributed by atoms with Crippen molar-refractivity contribution in [2.75, 3.05) is 26.3 Å². The number of hydrogen-bond donors (Lipinski definition) is 2. The summed E-state index contributed by atoms with van der Waals surface area (Å²) in [6, 6.07) is 7.63. The van der Waals surface area contributed by atoms with Crippen molar-refractivity contribution in [3.63, 3.8) is 0 Å². The maximum absolute atomic E-state index is 14.6. The molecule has 0 aromatic heterocycles. The van der Waals surface area contributed by atoms with E-state index in [9.17, 15) is 24.3 Å². The van der Waals surface area contributed by atoms with Crippen LogP contribution < -0.4 is 5.32 Å². The maximum atomic E-state index is 14.6. The Kier molecular flexibility index (Phi) is 13.2. The Morgan fingerprint density at radius 2 is 1.96 bits per heavy atom. The lowest BCUT2D eigenvalue weighted by Gasteiger charge is -2.39. The van der Waals surface area contributed by atoms with Crippen LogP contribution in [0.25, 0.3) is 0 Å². The van der Waals surface area contributed by atoms with Gasteiger partial charge in [-0.3, -0.25) is 19.2 Å². The quantitative estimate of drug-likeness (QED) is 0.0938. The van der Waals surface area contributed by atoms with Gasteiger partial charge in [-0.15, -0.1) is 13.2 Å². The number of carbonyl (C=O) groups excluding carboxylic acids is 4. The molecule has 10 nitrogen and oxygen atoms in total. The highest BCUT2D eigenvalue weighted by Crippen LogP contribution is 2.60. The Balaban J connectivity index is 1.66. The summed E-state index contributed by atoms with van der Waals surface area (Å²) < 4.78 is 12.3. The summed E-state index contributed by atoms with van der Waals surface area (Å²) in [4.78, 5) is 58.9. The first-order valence-electron chi connectivity index (χ1n) is 16.9. The number of unbranched alkanes of at least 4 members (excludes halogenated alkanes) is 2. The van der Waals surface area contributed by atoms with Gasteiger partial charge in [0.25, 0.3) is 0 Å². The van der Waals surface area contributed by atoms with Gasteiger partial charge in [0.1, 0.15) is 18.2 Å². The van der Waals surface area contributed by atoms with E-state index in [0.717, 1.165) is 18.4 Å². The summed E-state index contributed by atoms with van der Waals surface area (Å²) >= 11 is 3.75. The minimum atomic E-state index is -1.18. The molecule has 11 heteroatoms. The molecule has 1 spiro atoms. The molecule has 47 heavy (non-hydrogen) atoms. The molecule has 1 aromatic carbocycles. The van der Waals surface area contributed by atoms with Gasteiger partial charge in [-0.2, -0.15) is 0 Å². The van der Waals surface area contributed by atoms with Gasteiger partial charge in [0.2, 0.25) is 17.7 Å². The zero-order chi connectivity index (χ0) is 34.1. The van der Waals surface area contributed by atoms with Crippen LogP contribution in [0.2, 0.25) is 0 Å². The fourth-order valence-electron chi connectivity index (χ4n) is 7.52. The van der Waals surface area contributed by atoms with Gasteiger partial charge < -0.3 is 29.7 Å². The highest BCUT2D eigenvalue weighted by molar-refractivity contribution is 9.09. The number of carbonyl (C=O) groups is 4. The average molecular weight is 717 g/mol. The Morgan fingerprint density at radius 3 is 2.62 bits per heavy atom. The van der Waals surface area contributed by atoms with Crippen molar-refractivity contribution in [3.05, 3.63) is 61.2 Å². The Labute approximate surface area is 287 Å². The number of fused-ring (bicyclic) bond motifs is 1. The molecule has 3 aliphatic rings. The van der Waals surface area contributed by atoms with E-state index in [1.807, 2.05) is 37.3 Å². The van der Waals surface area contributed by atoms with Crippen molar-refractivity contribution in [1.29, 1.82) is 0 Å². The number of esters is 1. The third kappa shape index (κ3) is 7.84. The largest absolute Gasteiger partial charge is 0.463 e. The Bertz CT molecular complexity index is 1280. The first-order valence-corrected chi connectivity index (χ1v) is 17.8. The third-order valence-electron chi connectivity index (χ3n) is 9.71. The standard InChI is InChI=1S/C36H50BrN3O7/c1-5-8-18-28(42)46-23-27(25-16-11-9-12-17-25)38-33(43)29-30-34(44)40(20-13-10-14-21-41)32(36(30)22-26(37)31(29)47-36)35(45)39(19-7-3)24(4)15-6-2/h5,7,9,11-12,16-17,24,26-27,29-32,41H,1,3,6,8,10,13-15,18-23H2,2,4H3,(H,38,43)/t24?,26?,27-,29+,30-,31+,32+,36-/m1/s1. The molecule has 4 rings (SSSR count). The third-order valence-corrected chi connectivity index (χ3v) is 10.6. The van der Waals surface area contributed by atoms with Gasteiger partial charge in [0.15, 0.2) is 0 Å². The molecule has 3 heterocycles. The van der Waals surface area contributed by atoms with E-state index in [1.54, 1.807) is 22.0 Å². The fourth-order valence-corrected chi connectivity index (χ4v) is 8.46. The summed E-state index contributed by atoms with van der Waals surface area (Å²) in [7, 11) is 0. The second-order valence-electron chi connectivity index (χ2n) is 12.9. The topological polar surface area (TPSA) is 125 Å². The number of nitrogens with zero attached hydrogens (tertiary/aromatic N) is 2. The number of nitrogens with one attached hydrogen (secondary N) is 1. The second-order valence-corrected chi connectivity index (χ2v) is 14.1. The molecular weight excluding hydrogens is 666 g/mol. The van der Waals surface area contributed by atoms with Crippen LogP contribution in [0.4, 0.5) is 0 Å². The van der Waals surface area contributed by atoms with Crippen LogP contribution in [0, 0.1) is 11.8 Å². The van der Waals surface area contributed by atoms with Gasteiger partial charge in [-0.25, -0.2) is 0 Å². The number of halogens is 1. The number of aliphatic hydroxyl groups is 1. The van der Waals surface area contributed by atoms with Crippen LogP contribution in [0.15, 0.2) is 55.6 Å². The fraction of sp³-hybridized carbons (Fsp3) is 0.611. The van der Waals surface area contributed by atoms with Gasteiger partial charge in [-0.05, 0) is 51.0 Å². The number of benzene rings is 1. The molecule has 1 aromatic rings. The predicted molar refractivity (Wildman–Crippen MR) is 182 cm³/mol.